The summed E-state index contributed by atoms with van der Waals surface area (Å²) < 4.78 is 6.84. The quantitative estimate of drug-likeness (QED) is 0.0639. The zero-order chi connectivity index (χ0) is 91.8. The number of carbonyl (C=O) groups is 2. The highest BCUT2D eigenvalue weighted by Gasteiger charge is 2.50. The molecule has 13 aromatic rings. The van der Waals surface area contributed by atoms with Crippen LogP contribution in [0.25, 0.3) is 0 Å². The highest BCUT2D eigenvalue weighted by molar-refractivity contribution is 9.10. The zero-order valence-electron chi connectivity index (χ0n) is 75.3. The number of anilines is 10. The Morgan fingerprint density at radius 2 is 0.652 bits per heavy atom. The fourth-order valence-corrected chi connectivity index (χ4v) is 24.1. The van der Waals surface area contributed by atoms with Crippen molar-refractivity contribution >= 4 is 143 Å². The van der Waals surface area contributed by atoms with Crippen molar-refractivity contribution in [1.82, 2.24) is 61.9 Å². The molecule has 0 radical (unpaired) electrons. The van der Waals surface area contributed by atoms with Crippen molar-refractivity contribution < 1.29 is 24.5 Å². The fraction of sp³-hybridized carbons (Fsp3) is 0.375. The third kappa shape index (κ3) is 17.9. The standard InChI is InChI=1S/C22H24ClNO2.C21H21Cl2NO2.C21H22ClN5O.C21H22ClN5.C19H20BrN5/c1-15-5-7-19-17(13-15)22(10-3-2-4-11-22)18-14-16(23)6-8-20(18)24(19)12-9-21(25)26;22-14-7-8-18-16(13-14)21(10-2-1-3-11-21)15-5-4-6-17(23)20(15)24(18)12-9-19(25)26;1-14-2-4-18-16(12-14)21(7-10-28-11-8-21)17-13-15(22)3-5-19(17)27(18)9-6-20-23-25-26-24-20;1-14-4-6-18-16(12-14)21(9-2-3-10-21)17-13-15(22)5-7-19(17)27(18)11-8-20-23-25-26-24-20;1-12-4-6-16-14(10-12)19(2,3)15-11-13(20)5-7-17(15)25(16)9-8-18-21-23-24-22-18/h5-8,13-14H,2-4,9-12H2,1H3,(H,25,26);4-8,13H,1-3,9-12H2,(H,25,26);2-5,12-13H,6-11H2,1H3,(H,23,24,25,26);4-7,12-13H,2-3,8-11H2,1H3,(H,23,24,25,26);4-7,10-11H,8-9H2,1-3H3,(H,21,22,23,24). The Bertz CT molecular complexity index is 6130. The number of carboxylic acid groups (broad SMARTS) is 2. The van der Waals surface area contributed by atoms with E-state index in [9.17, 15) is 19.8 Å². The molecule has 28 heteroatoms. The Morgan fingerprint density at radius 3 is 1.02 bits per heavy atom. The third-order valence-electron chi connectivity index (χ3n) is 28.9. The number of aromatic nitrogens is 12. The lowest BCUT2D eigenvalue weighted by Gasteiger charge is -2.48. The number of fused-ring (bicyclic) bond motifs is 18. The number of ether oxygens (including phenoxy) is 1. The molecule has 3 aliphatic carbocycles. The largest absolute Gasteiger partial charge is 0.481 e. The number of tetrazole rings is 3. The molecule has 4 fully saturated rings. The van der Waals surface area contributed by atoms with E-state index >= 15 is 0 Å². The van der Waals surface area contributed by atoms with E-state index in [1.165, 1.54) is 176 Å². The maximum absolute atomic E-state index is 11.2. The molecule has 22 nitrogen and oxygen atoms in total. The number of benzene rings is 10. The Labute approximate surface area is 804 Å². The SMILES string of the molecule is Cc1ccc2c(c1)C(C)(C)c1cc(Br)ccc1N2CCc1nn[nH]n1.Cc1ccc2c(c1)C1(CCCC1)c1cc(Cl)ccc1N2CCc1nn[nH]n1.Cc1ccc2c(c1)C1(CCCCC1)c1cc(Cl)ccc1N2CCC(=O)O.Cc1ccc2c(c1)C1(CCOCC1)c1cc(Cl)ccc1N2CCc1nn[nH]n1.O=C(O)CCN1c2ccc(Cl)cc2C2(CCCCC2)c2cccc(Cl)c21. The molecule has 22 rings (SSSR count). The molecule has 1 saturated heterocycles. The van der Waals surface area contributed by atoms with Crippen LogP contribution < -0.4 is 24.5 Å². The molecule has 0 amide bonds. The summed E-state index contributed by atoms with van der Waals surface area (Å²) in [5.74, 6) is 0.604. The van der Waals surface area contributed by atoms with Gasteiger partial charge in [-0.2, -0.15) is 15.6 Å². The molecule has 9 aliphatic rings. The van der Waals surface area contributed by atoms with Crippen LogP contribution in [0.15, 0.2) is 186 Å². The van der Waals surface area contributed by atoms with Crippen molar-refractivity contribution in [2.24, 2.45) is 0 Å². The molecule has 4 spiro atoms. The molecular formula is C104H109BrCl5N17O5. The highest BCUT2D eigenvalue weighted by Crippen LogP contribution is 2.62. The summed E-state index contributed by atoms with van der Waals surface area (Å²) in [5.41, 5.74) is 30.0. The van der Waals surface area contributed by atoms with Crippen LogP contribution in [0.5, 0.6) is 0 Å². The number of hydrogen-bond donors (Lipinski definition) is 5. The van der Waals surface area contributed by atoms with Crippen LogP contribution in [0.2, 0.25) is 25.1 Å². The van der Waals surface area contributed by atoms with Crippen LogP contribution in [-0.4, -0.2) is 130 Å². The van der Waals surface area contributed by atoms with Crippen LogP contribution in [0.1, 0.15) is 225 Å². The van der Waals surface area contributed by atoms with Gasteiger partial charge in [-0.05, 0) is 256 Å². The second kappa shape index (κ2) is 38.7. The van der Waals surface area contributed by atoms with Gasteiger partial charge in [-0.25, -0.2) is 0 Å². The molecule has 0 unspecified atom stereocenters. The van der Waals surface area contributed by atoms with Gasteiger partial charge in [-0.1, -0.05) is 238 Å². The van der Waals surface area contributed by atoms with Gasteiger partial charge in [0, 0.05) is 168 Å². The molecule has 3 aromatic heterocycles. The van der Waals surface area contributed by atoms with E-state index in [0.717, 1.165) is 149 Å². The Hall–Kier alpha value is -10.8. The molecule has 10 aromatic carbocycles. The van der Waals surface area contributed by atoms with E-state index in [1.807, 2.05) is 42.5 Å². The van der Waals surface area contributed by atoms with Crippen molar-refractivity contribution in [2.75, 3.05) is 70.4 Å². The first-order valence-electron chi connectivity index (χ1n) is 46.1. The average Bonchev–Trinajstić information content (AvgIpc) is 1.14. The Kier molecular flexibility index (Phi) is 26.9. The molecule has 9 heterocycles. The van der Waals surface area contributed by atoms with E-state index in [0.29, 0.717) is 24.5 Å². The van der Waals surface area contributed by atoms with Gasteiger partial charge in [-0.15, -0.1) is 30.6 Å². The average molecular weight is 1930 g/mol. The van der Waals surface area contributed by atoms with Crippen molar-refractivity contribution in [3.8, 4) is 0 Å². The van der Waals surface area contributed by atoms with Gasteiger partial charge in [0.1, 0.15) is 0 Å². The number of nitrogens with one attached hydrogen (secondary N) is 3. The van der Waals surface area contributed by atoms with Crippen molar-refractivity contribution in [3.05, 3.63) is 307 Å². The van der Waals surface area contributed by atoms with Crippen molar-refractivity contribution in [1.29, 1.82) is 0 Å². The molecule has 6 aliphatic heterocycles. The first-order valence-corrected chi connectivity index (χ1v) is 48.8. The lowest BCUT2D eigenvalue weighted by Crippen LogP contribution is -2.41. The summed E-state index contributed by atoms with van der Waals surface area (Å²) in [6.45, 7) is 18.0. The number of para-hydroxylation sites is 1. The maximum atomic E-state index is 11.2. The summed E-state index contributed by atoms with van der Waals surface area (Å²) in [6, 6.07) is 64.3. The minimum atomic E-state index is -0.813. The Balaban J connectivity index is 0.000000111. The lowest BCUT2D eigenvalue weighted by atomic mass is 9.62. The molecular weight excluding hydrogens is 1820 g/mol. The van der Waals surface area contributed by atoms with E-state index < -0.39 is 11.9 Å². The minimum absolute atomic E-state index is 0.000436. The van der Waals surface area contributed by atoms with E-state index in [1.54, 1.807) is 0 Å². The number of halogens is 6. The first kappa shape index (κ1) is 91.7. The van der Waals surface area contributed by atoms with Gasteiger partial charge in [0.2, 0.25) is 0 Å². The summed E-state index contributed by atoms with van der Waals surface area (Å²) >= 11 is 36.0. The lowest BCUT2D eigenvalue weighted by molar-refractivity contribution is -0.137. The maximum Gasteiger partial charge on any atom is 0.305 e. The van der Waals surface area contributed by atoms with Crippen LogP contribution >= 0.6 is 73.9 Å². The van der Waals surface area contributed by atoms with E-state index in [4.69, 9.17) is 62.7 Å². The zero-order valence-corrected chi connectivity index (χ0v) is 80.6. The van der Waals surface area contributed by atoms with Gasteiger partial charge >= 0.3 is 11.9 Å². The number of aliphatic carboxylic acids is 2. The fourth-order valence-electron chi connectivity index (χ4n) is 22.8. The number of hydrogen-bond acceptors (Lipinski definition) is 17. The van der Waals surface area contributed by atoms with Crippen LogP contribution in [0.3, 0.4) is 0 Å². The second-order valence-corrected chi connectivity index (χ2v) is 40.3. The second-order valence-electron chi connectivity index (χ2n) is 37.2. The molecule has 682 valence electrons. The van der Waals surface area contributed by atoms with Crippen LogP contribution in [0.4, 0.5) is 56.9 Å². The predicted molar refractivity (Wildman–Crippen MR) is 529 cm³/mol. The number of carboxylic acids is 2. The number of rotatable bonds is 15. The van der Waals surface area contributed by atoms with Crippen molar-refractivity contribution in [3.63, 3.8) is 0 Å². The van der Waals surface area contributed by atoms with Gasteiger partial charge in [0.05, 0.1) is 23.6 Å². The highest BCUT2D eigenvalue weighted by atomic mass is 79.9. The normalized spacial score (nSPS) is 17.0. The molecule has 3 saturated carbocycles. The van der Waals surface area contributed by atoms with Gasteiger partial charge in [0.25, 0.3) is 0 Å². The van der Waals surface area contributed by atoms with Gasteiger partial charge in [0.15, 0.2) is 17.5 Å². The van der Waals surface area contributed by atoms with E-state index in [-0.39, 0.29) is 39.9 Å². The molecule has 5 N–H and O–H groups in total. The smallest absolute Gasteiger partial charge is 0.305 e. The number of nitrogens with zero attached hydrogens (tertiary/aromatic N) is 14. The predicted octanol–water partition coefficient (Wildman–Crippen LogP) is 25.0. The minimum Gasteiger partial charge on any atom is -0.481 e. The summed E-state index contributed by atoms with van der Waals surface area (Å²) in [7, 11) is 0. The van der Waals surface area contributed by atoms with Crippen molar-refractivity contribution in [2.45, 2.75) is 203 Å². The monoisotopic (exact) mass is 1930 g/mol. The molecule has 132 heavy (non-hydrogen) atoms. The van der Waals surface area contributed by atoms with Crippen LogP contribution in [0, 0.1) is 27.7 Å². The topological polar surface area (TPSA) is 263 Å². The Morgan fingerprint density at radius 1 is 0.356 bits per heavy atom. The van der Waals surface area contributed by atoms with Gasteiger partial charge < -0.3 is 39.4 Å². The first-order chi connectivity index (χ1) is 63.8. The summed E-state index contributed by atoms with van der Waals surface area (Å²) in [4.78, 5) is 33.8. The number of aryl methyl sites for hydroxylation is 4. The van der Waals surface area contributed by atoms with Crippen LogP contribution in [-0.2, 0) is 60.7 Å². The molecule has 0 bridgehead atoms. The molecule has 0 atom stereocenters. The summed E-state index contributed by atoms with van der Waals surface area (Å²) in [5, 5.41) is 65.4. The van der Waals surface area contributed by atoms with E-state index in [2.05, 4.69) is 283 Å². The third-order valence-corrected chi connectivity index (χ3v) is 30.6. The van der Waals surface area contributed by atoms with Gasteiger partial charge in [-0.3, -0.25) is 9.59 Å². The number of aromatic amines is 3. The summed E-state index contributed by atoms with van der Waals surface area (Å²) in [6.07, 6.45) is 20.9. The number of H-pyrrole nitrogens is 3.